The van der Waals surface area contributed by atoms with Gasteiger partial charge in [0.2, 0.25) is 5.91 Å². The number of ether oxygens (including phenoxy) is 1. The number of carbonyl (C=O) groups excluding carboxylic acids is 1. The van der Waals surface area contributed by atoms with Crippen LogP contribution in [0, 0.1) is 0 Å². The second-order valence-electron chi connectivity index (χ2n) is 7.11. The van der Waals surface area contributed by atoms with E-state index < -0.39 is 10.0 Å². The number of hydrogen-bond acceptors (Lipinski definition) is 4. The maximum atomic E-state index is 13.4. The lowest BCUT2D eigenvalue weighted by molar-refractivity contribution is -0.119. The molecule has 0 heterocycles. The highest BCUT2D eigenvalue weighted by Gasteiger charge is 2.29. The molecule has 0 unspecified atom stereocenters. The molecule has 0 fully saturated rings. The van der Waals surface area contributed by atoms with Gasteiger partial charge in [-0.2, -0.15) is 0 Å². The molecule has 0 aliphatic heterocycles. The van der Waals surface area contributed by atoms with E-state index in [9.17, 15) is 13.2 Å². The molecular formula is C23H28N2O4S. The molecule has 1 aliphatic carbocycles. The largest absolute Gasteiger partial charge is 0.492 e. The fourth-order valence-electron chi connectivity index (χ4n) is 3.42. The third kappa shape index (κ3) is 5.42. The van der Waals surface area contributed by atoms with Gasteiger partial charge in [0.15, 0.2) is 0 Å². The van der Waals surface area contributed by atoms with Gasteiger partial charge in [-0.15, -0.1) is 0 Å². The first kappa shape index (κ1) is 21.9. The number of carbonyl (C=O) groups is 1. The van der Waals surface area contributed by atoms with E-state index in [0.717, 1.165) is 23.6 Å². The highest BCUT2D eigenvalue weighted by Crippen LogP contribution is 2.32. The smallest absolute Gasteiger partial charge is 0.264 e. The zero-order chi connectivity index (χ0) is 21.4. The SMILES string of the molecule is CCOc1ccccc1N(CC(=O)NCC1=CCCCC1)S(=O)(=O)c1ccccc1. The monoisotopic (exact) mass is 428 g/mol. The molecule has 0 saturated heterocycles. The van der Waals surface area contributed by atoms with Crippen LogP contribution >= 0.6 is 0 Å². The molecule has 0 bridgehead atoms. The van der Waals surface area contributed by atoms with E-state index in [2.05, 4.69) is 11.4 Å². The summed E-state index contributed by atoms with van der Waals surface area (Å²) in [6, 6.07) is 15.0. The van der Waals surface area contributed by atoms with Crippen LogP contribution in [0.4, 0.5) is 5.69 Å². The molecule has 0 spiro atoms. The minimum absolute atomic E-state index is 0.124. The molecule has 6 nitrogen and oxygen atoms in total. The average molecular weight is 429 g/mol. The number of para-hydroxylation sites is 2. The number of allylic oxidation sites excluding steroid dienone is 1. The Morgan fingerprint density at radius 3 is 2.50 bits per heavy atom. The number of benzene rings is 2. The molecule has 0 aromatic heterocycles. The Balaban J connectivity index is 1.88. The molecule has 1 aliphatic rings. The lowest BCUT2D eigenvalue weighted by Crippen LogP contribution is -2.41. The first-order valence-corrected chi connectivity index (χ1v) is 11.7. The highest BCUT2D eigenvalue weighted by atomic mass is 32.2. The Labute approximate surface area is 178 Å². The Bertz CT molecular complexity index is 987. The van der Waals surface area contributed by atoms with Crippen LogP contribution in [-0.4, -0.2) is 34.0 Å². The molecule has 30 heavy (non-hydrogen) atoms. The highest BCUT2D eigenvalue weighted by molar-refractivity contribution is 7.92. The van der Waals surface area contributed by atoms with Crippen molar-refractivity contribution in [1.82, 2.24) is 5.32 Å². The third-order valence-electron chi connectivity index (χ3n) is 4.95. The predicted octanol–water partition coefficient (Wildman–Crippen LogP) is 3.90. The van der Waals surface area contributed by atoms with E-state index in [1.165, 1.54) is 24.1 Å². The van der Waals surface area contributed by atoms with Gasteiger partial charge in [-0.3, -0.25) is 9.10 Å². The van der Waals surface area contributed by atoms with Crippen molar-refractivity contribution in [3.63, 3.8) is 0 Å². The van der Waals surface area contributed by atoms with Gasteiger partial charge in [0.25, 0.3) is 10.0 Å². The number of amides is 1. The Morgan fingerprint density at radius 1 is 1.07 bits per heavy atom. The summed E-state index contributed by atoms with van der Waals surface area (Å²) in [5.41, 5.74) is 1.54. The topological polar surface area (TPSA) is 75.7 Å². The van der Waals surface area contributed by atoms with E-state index in [-0.39, 0.29) is 17.3 Å². The van der Waals surface area contributed by atoms with Crippen LogP contribution < -0.4 is 14.4 Å². The predicted molar refractivity (Wildman–Crippen MR) is 118 cm³/mol. The van der Waals surface area contributed by atoms with Crippen LogP contribution in [0.5, 0.6) is 5.75 Å². The minimum Gasteiger partial charge on any atom is -0.492 e. The number of anilines is 1. The van der Waals surface area contributed by atoms with Gasteiger partial charge in [-0.1, -0.05) is 42.0 Å². The number of sulfonamides is 1. The van der Waals surface area contributed by atoms with Crippen molar-refractivity contribution in [1.29, 1.82) is 0 Å². The second kappa shape index (κ2) is 10.3. The normalized spacial score (nSPS) is 14.0. The fraction of sp³-hybridized carbons (Fsp3) is 0.348. The Morgan fingerprint density at radius 2 is 1.80 bits per heavy atom. The molecule has 1 amide bonds. The van der Waals surface area contributed by atoms with E-state index in [0.29, 0.717) is 24.6 Å². The second-order valence-corrected chi connectivity index (χ2v) is 8.97. The Hall–Kier alpha value is -2.80. The molecule has 0 radical (unpaired) electrons. The maximum absolute atomic E-state index is 13.4. The molecule has 1 N–H and O–H groups in total. The van der Waals surface area contributed by atoms with Crippen LogP contribution in [0.3, 0.4) is 0 Å². The summed E-state index contributed by atoms with van der Waals surface area (Å²) in [7, 11) is -3.96. The fourth-order valence-corrected chi connectivity index (χ4v) is 4.88. The first-order valence-electron chi connectivity index (χ1n) is 10.3. The van der Waals surface area contributed by atoms with Crippen LogP contribution in [0.25, 0.3) is 0 Å². The van der Waals surface area contributed by atoms with E-state index >= 15 is 0 Å². The van der Waals surface area contributed by atoms with Gasteiger partial charge < -0.3 is 10.1 Å². The minimum atomic E-state index is -3.96. The summed E-state index contributed by atoms with van der Waals surface area (Å²) in [5.74, 6) is 0.0644. The van der Waals surface area contributed by atoms with Crippen LogP contribution in [-0.2, 0) is 14.8 Å². The number of hydrogen-bond donors (Lipinski definition) is 1. The van der Waals surface area contributed by atoms with Crippen molar-refractivity contribution in [2.24, 2.45) is 0 Å². The van der Waals surface area contributed by atoms with Gasteiger partial charge in [-0.25, -0.2) is 8.42 Å². The van der Waals surface area contributed by atoms with Gasteiger partial charge in [0.1, 0.15) is 12.3 Å². The average Bonchev–Trinajstić information content (AvgIpc) is 2.78. The molecule has 2 aromatic carbocycles. The molecule has 0 saturated carbocycles. The lowest BCUT2D eigenvalue weighted by atomic mass is 10.00. The third-order valence-corrected chi connectivity index (χ3v) is 6.72. The molecule has 3 rings (SSSR count). The van der Waals surface area contributed by atoms with Crippen molar-refractivity contribution in [2.45, 2.75) is 37.5 Å². The lowest BCUT2D eigenvalue weighted by Gasteiger charge is -2.26. The Kier molecular flexibility index (Phi) is 7.52. The van der Waals surface area contributed by atoms with Gasteiger partial charge in [-0.05, 0) is 56.9 Å². The summed E-state index contributed by atoms with van der Waals surface area (Å²) in [6.07, 6.45) is 6.46. The van der Waals surface area contributed by atoms with Gasteiger partial charge in [0.05, 0.1) is 17.2 Å². The van der Waals surface area contributed by atoms with E-state index in [1.807, 2.05) is 6.92 Å². The van der Waals surface area contributed by atoms with Crippen LogP contribution in [0.2, 0.25) is 0 Å². The van der Waals surface area contributed by atoms with Crippen molar-refractivity contribution < 1.29 is 17.9 Å². The van der Waals surface area contributed by atoms with Crippen LogP contribution in [0.15, 0.2) is 71.1 Å². The van der Waals surface area contributed by atoms with Crippen molar-refractivity contribution in [3.8, 4) is 5.75 Å². The first-order chi connectivity index (χ1) is 14.5. The number of nitrogens with one attached hydrogen (secondary N) is 1. The maximum Gasteiger partial charge on any atom is 0.264 e. The van der Waals surface area contributed by atoms with Crippen molar-refractivity contribution in [2.75, 3.05) is 24.0 Å². The van der Waals surface area contributed by atoms with E-state index in [1.54, 1.807) is 42.5 Å². The molecule has 7 heteroatoms. The summed E-state index contributed by atoms with van der Waals surface area (Å²) in [6.45, 7) is 2.34. The van der Waals surface area contributed by atoms with E-state index in [4.69, 9.17) is 4.74 Å². The molecule has 2 aromatic rings. The quantitative estimate of drug-likeness (QED) is 0.615. The van der Waals surface area contributed by atoms with Gasteiger partial charge in [0, 0.05) is 6.54 Å². The zero-order valence-electron chi connectivity index (χ0n) is 17.2. The van der Waals surface area contributed by atoms with Crippen molar-refractivity contribution >= 4 is 21.6 Å². The zero-order valence-corrected chi connectivity index (χ0v) is 18.0. The number of rotatable bonds is 9. The summed E-state index contributed by atoms with van der Waals surface area (Å²) < 4.78 is 33.6. The standard InChI is InChI=1S/C23H28N2O4S/c1-2-29-22-16-10-9-15-21(22)25(30(27,28)20-13-7-4-8-14-20)18-23(26)24-17-19-11-5-3-6-12-19/h4,7-11,13-16H,2-3,5-6,12,17-18H2,1H3,(H,24,26). The summed E-state index contributed by atoms with van der Waals surface area (Å²) in [4.78, 5) is 12.9. The van der Waals surface area contributed by atoms with Gasteiger partial charge >= 0.3 is 0 Å². The molecular weight excluding hydrogens is 400 g/mol. The summed E-state index contributed by atoms with van der Waals surface area (Å²) >= 11 is 0. The summed E-state index contributed by atoms with van der Waals surface area (Å²) in [5, 5.41) is 2.87. The molecule has 160 valence electrons. The number of nitrogens with zero attached hydrogens (tertiary/aromatic N) is 1. The van der Waals surface area contributed by atoms with Crippen molar-refractivity contribution in [3.05, 3.63) is 66.2 Å². The molecule has 0 atom stereocenters. The van der Waals surface area contributed by atoms with Crippen LogP contribution in [0.1, 0.15) is 32.6 Å².